The molecule has 0 spiro atoms. The standard InChI is InChI=1S/C52H69N3O7/c1-4-28-55(49(58)27-24-38-17-9-10-18-38)48-34-46(54-61-35-39-19-7-6-8-20-39)44-32-40(21-11-13-29-56)43(23-12-14-30-57)50-45-33-42(59-36-41-22-15-16-37(3)53-41)25-26-47(45)62-52(48,51(44)50)60-31-5-2/h5-8,15-16,19-20,22,25-26,32-33,38,40,43,48,50-51,56-57H,2,4,9-14,17-18,21,23-24,27-31,34-36H2,1,3H3/t40-,43+,48-,50+,51+,52+/m0/s1. The summed E-state index contributed by atoms with van der Waals surface area (Å²) in [4.78, 5) is 27.8. The summed E-state index contributed by atoms with van der Waals surface area (Å²) in [6.45, 7) is 9.89. The van der Waals surface area contributed by atoms with Crippen LogP contribution in [0.5, 0.6) is 11.5 Å². The molecule has 334 valence electrons. The minimum Gasteiger partial charge on any atom is -0.487 e. The Morgan fingerprint density at radius 1 is 0.984 bits per heavy atom. The first kappa shape index (κ1) is 45.5. The van der Waals surface area contributed by atoms with E-state index in [9.17, 15) is 15.0 Å². The Labute approximate surface area is 369 Å². The number of hydrogen-bond acceptors (Lipinski definition) is 9. The molecule has 0 bridgehead atoms. The van der Waals surface area contributed by atoms with Crippen molar-refractivity contribution < 1.29 is 34.1 Å². The highest BCUT2D eigenvalue weighted by Gasteiger charge is 2.65. The zero-order valence-electron chi connectivity index (χ0n) is 37.1. The fourth-order valence-electron chi connectivity index (χ4n) is 10.8. The zero-order chi connectivity index (χ0) is 43.3. The lowest BCUT2D eigenvalue weighted by Crippen LogP contribution is -2.70. The Bertz CT molecular complexity index is 1980. The number of aliphatic hydroxyl groups excluding tert-OH is 2. The van der Waals surface area contributed by atoms with Crippen molar-refractivity contribution in [1.82, 2.24) is 9.88 Å². The van der Waals surface area contributed by atoms with E-state index in [0.717, 1.165) is 83.8 Å². The van der Waals surface area contributed by atoms with Crippen LogP contribution in [0.3, 0.4) is 0 Å². The molecular formula is C52H69N3O7. The summed E-state index contributed by atoms with van der Waals surface area (Å²) in [6.07, 6.45) is 16.5. The van der Waals surface area contributed by atoms with Gasteiger partial charge in [-0.15, -0.1) is 6.58 Å². The van der Waals surface area contributed by atoms with Crippen LogP contribution in [0.15, 0.2) is 96.2 Å². The van der Waals surface area contributed by atoms with Gasteiger partial charge in [-0.2, -0.15) is 0 Å². The highest BCUT2D eigenvalue weighted by molar-refractivity contribution is 6.03. The molecule has 4 aliphatic rings. The van der Waals surface area contributed by atoms with Crippen molar-refractivity contribution in [3.63, 3.8) is 0 Å². The molecule has 0 unspecified atom stereocenters. The van der Waals surface area contributed by atoms with Gasteiger partial charge in [0.1, 0.15) is 30.8 Å². The van der Waals surface area contributed by atoms with Crippen LogP contribution < -0.4 is 9.47 Å². The maximum absolute atomic E-state index is 14.8. The second-order valence-corrected chi connectivity index (χ2v) is 17.9. The van der Waals surface area contributed by atoms with Crippen molar-refractivity contribution >= 4 is 11.6 Å². The summed E-state index contributed by atoms with van der Waals surface area (Å²) in [5.74, 6) is 0.652. The van der Waals surface area contributed by atoms with E-state index < -0.39 is 11.8 Å². The molecule has 7 rings (SSSR count). The van der Waals surface area contributed by atoms with Crippen molar-refractivity contribution in [2.24, 2.45) is 28.8 Å². The van der Waals surface area contributed by atoms with Crippen LogP contribution in [0.4, 0.5) is 0 Å². The number of allylic oxidation sites excluding steroid dienone is 1. The van der Waals surface area contributed by atoms with Crippen LogP contribution >= 0.6 is 0 Å². The molecule has 10 nitrogen and oxygen atoms in total. The third kappa shape index (κ3) is 10.6. The number of benzene rings is 2. The summed E-state index contributed by atoms with van der Waals surface area (Å²) in [6, 6.07) is 21.6. The largest absolute Gasteiger partial charge is 0.487 e. The van der Waals surface area contributed by atoms with Gasteiger partial charge in [-0.3, -0.25) is 9.78 Å². The fourth-order valence-corrected chi connectivity index (χ4v) is 10.8. The minimum atomic E-state index is -1.27. The summed E-state index contributed by atoms with van der Waals surface area (Å²) < 4.78 is 21.1. The van der Waals surface area contributed by atoms with Crippen LogP contribution in [0.2, 0.25) is 0 Å². The number of rotatable bonds is 23. The van der Waals surface area contributed by atoms with Gasteiger partial charge < -0.3 is 34.2 Å². The molecule has 0 saturated heterocycles. The number of carbonyl (C=O) groups is 1. The second kappa shape index (κ2) is 22.2. The van der Waals surface area contributed by atoms with E-state index in [-0.39, 0.29) is 49.4 Å². The molecule has 62 heavy (non-hydrogen) atoms. The lowest BCUT2D eigenvalue weighted by atomic mass is 9.55. The van der Waals surface area contributed by atoms with Crippen molar-refractivity contribution in [2.45, 2.75) is 135 Å². The van der Waals surface area contributed by atoms with E-state index in [1.54, 1.807) is 6.08 Å². The first-order valence-electron chi connectivity index (χ1n) is 23.5. The van der Waals surface area contributed by atoms with Gasteiger partial charge in [0.15, 0.2) is 0 Å². The van der Waals surface area contributed by atoms with Crippen LogP contribution in [-0.4, -0.2) is 69.9 Å². The predicted molar refractivity (Wildman–Crippen MR) is 243 cm³/mol. The number of oxime groups is 1. The van der Waals surface area contributed by atoms with Gasteiger partial charge >= 0.3 is 0 Å². The van der Waals surface area contributed by atoms with Gasteiger partial charge in [0.05, 0.1) is 23.9 Å². The monoisotopic (exact) mass is 848 g/mol. The number of aryl methyl sites for hydroxylation is 1. The van der Waals surface area contributed by atoms with Crippen molar-refractivity contribution in [2.75, 3.05) is 26.4 Å². The highest BCUT2D eigenvalue weighted by atomic mass is 16.7. The number of pyridine rings is 1. The number of nitrogens with zero attached hydrogens (tertiary/aromatic N) is 3. The maximum Gasteiger partial charge on any atom is 0.239 e. The molecule has 0 radical (unpaired) electrons. The van der Waals surface area contributed by atoms with Crippen LogP contribution in [0, 0.1) is 30.6 Å². The van der Waals surface area contributed by atoms with E-state index in [0.29, 0.717) is 51.4 Å². The Hall–Kier alpha value is -4.51. The normalized spacial score (nSPS) is 24.7. The highest BCUT2D eigenvalue weighted by Crippen LogP contribution is 2.62. The third-order valence-corrected chi connectivity index (χ3v) is 13.6. The van der Waals surface area contributed by atoms with Gasteiger partial charge in [-0.1, -0.05) is 99.2 Å². The number of amides is 1. The molecule has 2 fully saturated rings. The number of aromatic nitrogens is 1. The minimum absolute atomic E-state index is 0.124. The van der Waals surface area contributed by atoms with Gasteiger partial charge in [0.25, 0.3) is 0 Å². The molecule has 10 heteroatoms. The fraction of sp³-hybridized carbons (Fsp3) is 0.558. The molecule has 2 heterocycles. The second-order valence-electron chi connectivity index (χ2n) is 17.9. The number of carbonyl (C=O) groups excluding carboxylic acids is 1. The Morgan fingerprint density at radius 3 is 2.52 bits per heavy atom. The van der Waals surface area contributed by atoms with Crippen molar-refractivity contribution in [3.05, 3.63) is 114 Å². The van der Waals surface area contributed by atoms with Gasteiger partial charge in [0.2, 0.25) is 11.7 Å². The summed E-state index contributed by atoms with van der Waals surface area (Å²) in [7, 11) is 0. The number of aliphatic hydroxyl groups is 2. The van der Waals surface area contributed by atoms with Gasteiger partial charge in [-0.25, -0.2) is 0 Å². The lowest BCUT2D eigenvalue weighted by Gasteiger charge is -2.60. The van der Waals surface area contributed by atoms with E-state index >= 15 is 0 Å². The average Bonchev–Trinajstić information content (AvgIpc) is 3.82. The molecule has 3 aliphatic carbocycles. The topological polar surface area (TPSA) is 123 Å². The predicted octanol–water partition coefficient (Wildman–Crippen LogP) is 10.0. The van der Waals surface area contributed by atoms with Crippen molar-refractivity contribution in [1.29, 1.82) is 0 Å². The Balaban J connectivity index is 1.38. The van der Waals surface area contributed by atoms with Crippen molar-refractivity contribution in [3.8, 4) is 11.5 Å². The Kier molecular flexibility index (Phi) is 16.3. The molecule has 1 aromatic heterocycles. The first-order valence-corrected chi connectivity index (χ1v) is 23.5. The summed E-state index contributed by atoms with van der Waals surface area (Å²) in [5.41, 5.74) is 5.69. The van der Waals surface area contributed by atoms with E-state index in [4.69, 9.17) is 24.2 Å². The van der Waals surface area contributed by atoms with Crippen LogP contribution in [-0.2, 0) is 27.6 Å². The number of unbranched alkanes of at least 4 members (excludes halogenated alkanes) is 2. The lowest BCUT2D eigenvalue weighted by molar-refractivity contribution is -0.257. The third-order valence-electron chi connectivity index (χ3n) is 13.6. The first-order chi connectivity index (χ1) is 30.4. The molecule has 2 aromatic carbocycles. The smallest absolute Gasteiger partial charge is 0.239 e. The summed E-state index contributed by atoms with van der Waals surface area (Å²) >= 11 is 0. The SMILES string of the molecule is C=CCO[C@@]12Oc3ccc(OCc4cccc(C)n4)cc3[C@H]3[C@H](CCCCO)[C@@H](CCCCO)C=C(C(=NOCc4ccccc4)C[C@@H]1N(CCC)C(=O)CCC1CCCC1)[C@H]32. The molecule has 1 amide bonds. The van der Waals surface area contributed by atoms with Crippen LogP contribution in [0.1, 0.15) is 125 Å². The maximum atomic E-state index is 14.8. The van der Waals surface area contributed by atoms with E-state index in [2.05, 4.69) is 35.5 Å². The molecular weight excluding hydrogens is 779 g/mol. The quantitative estimate of drug-likeness (QED) is 0.0550. The van der Waals surface area contributed by atoms with Gasteiger partial charge in [0, 0.05) is 49.8 Å². The van der Waals surface area contributed by atoms with E-state index in [1.807, 2.05) is 67.6 Å². The number of hydrogen-bond donors (Lipinski definition) is 2. The molecule has 3 aromatic rings. The zero-order valence-corrected chi connectivity index (χ0v) is 37.1. The van der Waals surface area contributed by atoms with Crippen LogP contribution in [0.25, 0.3) is 0 Å². The molecule has 1 aliphatic heterocycles. The molecule has 6 atom stereocenters. The average molecular weight is 848 g/mol. The molecule has 2 N–H and O–H groups in total. The molecule has 2 saturated carbocycles. The number of ether oxygens (including phenoxy) is 3. The van der Waals surface area contributed by atoms with Gasteiger partial charge in [-0.05, 0) is 105 Å². The summed E-state index contributed by atoms with van der Waals surface area (Å²) in [5, 5.41) is 25.0. The number of fused-ring (bicyclic) bond motifs is 2. The Morgan fingerprint density at radius 2 is 1.77 bits per heavy atom. The van der Waals surface area contributed by atoms with E-state index in [1.165, 1.54) is 25.7 Å².